The molecule has 0 aliphatic rings. The minimum atomic E-state index is -0.152. The topological polar surface area (TPSA) is 83.8 Å². The first-order valence-corrected chi connectivity index (χ1v) is 6.27. The summed E-state index contributed by atoms with van der Waals surface area (Å²) in [5, 5.41) is 2.82. The number of hydrogen-bond donors (Lipinski definition) is 3. The molecular formula is C12H13BrN4O. The van der Waals surface area contributed by atoms with E-state index in [1.807, 2.05) is 0 Å². The highest BCUT2D eigenvalue weighted by Gasteiger charge is 2.09. The number of amides is 1. The first-order chi connectivity index (χ1) is 8.66. The average Bonchev–Trinajstić information content (AvgIpc) is 2.85. The van der Waals surface area contributed by atoms with Gasteiger partial charge in [0.2, 0.25) is 0 Å². The van der Waals surface area contributed by atoms with Crippen molar-refractivity contribution in [3.8, 4) is 0 Å². The second-order valence-electron chi connectivity index (χ2n) is 3.78. The van der Waals surface area contributed by atoms with Crippen LogP contribution in [0.5, 0.6) is 0 Å². The number of carbonyl (C=O) groups is 1. The third kappa shape index (κ3) is 3.10. The number of nitrogen functional groups attached to an aromatic ring is 1. The maximum absolute atomic E-state index is 11.9. The molecule has 5 nitrogen and oxygen atoms in total. The Kier molecular flexibility index (Phi) is 3.99. The van der Waals surface area contributed by atoms with Gasteiger partial charge in [-0.1, -0.05) is 0 Å². The minimum Gasteiger partial charge on any atom is -0.399 e. The second kappa shape index (κ2) is 5.68. The lowest BCUT2D eigenvalue weighted by atomic mass is 10.2. The van der Waals surface area contributed by atoms with Crippen molar-refractivity contribution in [1.29, 1.82) is 0 Å². The van der Waals surface area contributed by atoms with Gasteiger partial charge in [0.1, 0.15) is 5.82 Å². The molecule has 0 saturated heterocycles. The van der Waals surface area contributed by atoms with Crippen LogP contribution in [0, 0.1) is 0 Å². The molecule has 1 aromatic carbocycles. The van der Waals surface area contributed by atoms with Crippen LogP contribution in [0.25, 0.3) is 0 Å². The van der Waals surface area contributed by atoms with Crippen LogP contribution >= 0.6 is 15.9 Å². The molecule has 0 fully saturated rings. The number of anilines is 1. The highest BCUT2D eigenvalue weighted by molar-refractivity contribution is 9.10. The molecule has 1 amide bonds. The Morgan fingerprint density at radius 1 is 1.50 bits per heavy atom. The predicted molar refractivity (Wildman–Crippen MR) is 73.2 cm³/mol. The summed E-state index contributed by atoms with van der Waals surface area (Å²) in [5.74, 6) is 0.697. The Morgan fingerprint density at radius 2 is 2.33 bits per heavy atom. The second-order valence-corrected chi connectivity index (χ2v) is 4.64. The van der Waals surface area contributed by atoms with Crippen LogP contribution in [0.1, 0.15) is 16.2 Å². The van der Waals surface area contributed by atoms with E-state index in [1.165, 1.54) is 0 Å². The van der Waals surface area contributed by atoms with E-state index in [-0.39, 0.29) is 5.91 Å². The number of nitrogens with one attached hydrogen (secondary N) is 2. The largest absolute Gasteiger partial charge is 0.399 e. The molecule has 0 saturated carbocycles. The molecule has 2 rings (SSSR count). The van der Waals surface area contributed by atoms with Crippen LogP contribution in [0.4, 0.5) is 5.69 Å². The van der Waals surface area contributed by atoms with Crippen molar-refractivity contribution in [3.63, 3.8) is 0 Å². The quantitative estimate of drug-likeness (QED) is 0.752. The maximum atomic E-state index is 11.9. The Labute approximate surface area is 113 Å². The number of hydrogen-bond acceptors (Lipinski definition) is 3. The van der Waals surface area contributed by atoms with E-state index < -0.39 is 0 Å². The van der Waals surface area contributed by atoms with Gasteiger partial charge in [-0.25, -0.2) is 4.98 Å². The van der Waals surface area contributed by atoms with E-state index in [2.05, 4.69) is 31.2 Å². The lowest BCUT2D eigenvalue weighted by Gasteiger charge is -2.07. The summed E-state index contributed by atoms with van der Waals surface area (Å²) in [5.41, 5.74) is 6.76. The molecule has 0 radical (unpaired) electrons. The number of imidazole rings is 1. The van der Waals surface area contributed by atoms with E-state index in [0.717, 1.165) is 10.3 Å². The lowest BCUT2D eigenvalue weighted by molar-refractivity contribution is 0.0953. The first kappa shape index (κ1) is 12.6. The summed E-state index contributed by atoms with van der Waals surface area (Å²) < 4.78 is 0.729. The molecule has 6 heteroatoms. The molecule has 2 aromatic rings. The first-order valence-electron chi connectivity index (χ1n) is 5.48. The molecule has 94 valence electrons. The van der Waals surface area contributed by atoms with E-state index in [1.54, 1.807) is 30.6 Å². The fourth-order valence-corrected chi connectivity index (χ4v) is 1.97. The predicted octanol–water partition coefficient (Wildman–Crippen LogP) is 1.73. The maximum Gasteiger partial charge on any atom is 0.252 e. The number of carbonyl (C=O) groups excluding carboxylic acids is 1. The van der Waals surface area contributed by atoms with Gasteiger partial charge in [-0.15, -0.1) is 0 Å². The van der Waals surface area contributed by atoms with Crippen LogP contribution in [0.2, 0.25) is 0 Å². The fourth-order valence-electron chi connectivity index (χ4n) is 1.54. The Morgan fingerprint density at radius 3 is 3.06 bits per heavy atom. The number of halogens is 1. The van der Waals surface area contributed by atoms with Gasteiger partial charge in [-0.3, -0.25) is 4.79 Å². The van der Waals surface area contributed by atoms with E-state index in [9.17, 15) is 4.79 Å². The molecule has 1 heterocycles. The Bertz CT molecular complexity index is 539. The lowest BCUT2D eigenvalue weighted by Crippen LogP contribution is -2.26. The van der Waals surface area contributed by atoms with Gasteiger partial charge in [0, 0.05) is 35.5 Å². The summed E-state index contributed by atoms with van der Waals surface area (Å²) in [6.07, 6.45) is 4.11. The van der Waals surface area contributed by atoms with Crippen LogP contribution in [0.15, 0.2) is 35.1 Å². The van der Waals surface area contributed by atoms with E-state index in [0.29, 0.717) is 24.2 Å². The molecule has 0 atom stereocenters. The van der Waals surface area contributed by atoms with Gasteiger partial charge in [-0.2, -0.15) is 0 Å². The normalized spacial score (nSPS) is 10.3. The number of rotatable bonds is 4. The van der Waals surface area contributed by atoms with E-state index in [4.69, 9.17) is 5.73 Å². The van der Waals surface area contributed by atoms with Gasteiger partial charge in [0.05, 0.1) is 5.56 Å². The molecule has 1 aromatic heterocycles. The fraction of sp³-hybridized carbons (Fsp3) is 0.167. The molecule has 18 heavy (non-hydrogen) atoms. The van der Waals surface area contributed by atoms with Crippen LogP contribution in [-0.2, 0) is 6.42 Å². The number of aromatic amines is 1. The zero-order chi connectivity index (χ0) is 13.0. The zero-order valence-corrected chi connectivity index (χ0v) is 11.2. The van der Waals surface area contributed by atoms with Crippen LogP contribution < -0.4 is 11.1 Å². The third-order valence-corrected chi connectivity index (χ3v) is 3.13. The summed E-state index contributed by atoms with van der Waals surface area (Å²) >= 11 is 3.33. The highest BCUT2D eigenvalue weighted by atomic mass is 79.9. The van der Waals surface area contributed by atoms with Crippen molar-refractivity contribution in [3.05, 3.63) is 46.5 Å². The summed E-state index contributed by atoms with van der Waals surface area (Å²) in [6, 6.07) is 5.15. The highest BCUT2D eigenvalue weighted by Crippen LogP contribution is 2.19. The summed E-state index contributed by atoms with van der Waals surface area (Å²) in [7, 11) is 0. The van der Waals surface area contributed by atoms with Gasteiger partial charge >= 0.3 is 0 Å². The molecule has 0 unspecified atom stereocenters. The molecular weight excluding hydrogens is 296 g/mol. The molecule has 0 aliphatic carbocycles. The number of H-pyrrole nitrogens is 1. The smallest absolute Gasteiger partial charge is 0.252 e. The number of nitrogens with zero attached hydrogens (tertiary/aromatic N) is 1. The van der Waals surface area contributed by atoms with Crippen molar-refractivity contribution in [2.75, 3.05) is 12.3 Å². The van der Waals surface area contributed by atoms with Gasteiger partial charge in [0.15, 0.2) is 0 Å². The van der Waals surface area contributed by atoms with Crippen LogP contribution in [-0.4, -0.2) is 22.4 Å². The molecule has 4 N–H and O–H groups in total. The molecule has 0 aliphatic heterocycles. The van der Waals surface area contributed by atoms with Crippen molar-refractivity contribution in [2.24, 2.45) is 0 Å². The Hall–Kier alpha value is -1.82. The summed E-state index contributed by atoms with van der Waals surface area (Å²) in [4.78, 5) is 19.0. The van der Waals surface area contributed by atoms with Crippen molar-refractivity contribution < 1.29 is 4.79 Å². The van der Waals surface area contributed by atoms with Gasteiger partial charge in [-0.05, 0) is 34.1 Å². The minimum absolute atomic E-state index is 0.152. The van der Waals surface area contributed by atoms with Crippen molar-refractivity contribution >= 4 is 27.5 Å². The standard InChI is InChI=1S/C12H13BrN4O/c13-10-2-1-8(14)7-9(10)12(18)17-4-3-11-15-5-6-16-11/h1-2,5-7H,3-4,14H2,(H,15,16)(H,17,18). The van der Waals surface area contributed by atoms with Gasteiger partial charge in [0.25, 0.3) is 5.91 Å². The van der Waals surface area contributed by atoms with Crippen molar-refractivity contribution in [1.82, 2.24) is 15.3 Å². The van der Waals surface area contributed by atoms with Crippen molar-refractivity contribution in [2.45, 2.75) is 6.42 Å². The number of aromatic nitrogens is 2. The number of benzene rings is 1. The zero-order valence-electron chi connectivity index (χ0n) is 9.61. The third-order valence-electron chi connectivity index (χ3n) is 2.44. The molecule has 0 spiro atoms. The van der Waals surface area contributed by atoms with E-state index >= 15 is 0 Å². The van der Waals surface area contributed by atoms with Gasteiger partial charge < -0.3 is 16.0 Å². The SMILES string of the molecule is Nc1ccc(Br)c(C(=O)NCCc2ncc[nH]2)c1. The Balaban J connectivity index is 1.93. The molecule has 0 bridgehead atoms. The number of nitrogens with two attached hydrogens (primary N) is 1. The van der Waals surface area contributed by atoms with Crippen LogP contribution in [0.3, 0.4) is 0 Å². The summed E-state index contributed by atoms with van der Waals surface area (Å²) in [6.45, 7) is 0.521. The average molecular weight is 309 g/mol. The monoisotopic (exact) mass is 308 g/mol.